The summed E-state index contributed by atoms with van der Waals surface area (Å²) < 4.78 is 0. The zero-order chi connectivity index (χ0) is 13.4. The number of carbonyl (C=O) groups excluding carboxylic acids is 1. The smallest absolute Gasteiger partial charge is 0.235 e. The van der Waals surface area contributed by atoms with Gasteiger partial charge in [-0.3, -0.25) is 9.69 Å². The Bertz CT molecular complexity index is 318. The van der Waals surface area contributed by atoms with Gasteiger partial charge in [-0.2, -0.15) is 0 Å². The van der Waals surface area contributed by atoms with Crippen molar-refractivity contribution in [3.63, 3.8) is 0 Å². The SMILES string of the molecule is C/C=C\C(=C/C)N1CCN(CC(=O)NCO)CC1. The van der Waals surface area contributed by atoms with Crippen LogP contribution in [0.4, 0.5) is 0 Å². The van der Waals surface area contributed by atoms with Crippen molar-refractivity contribution in [2.75, 3.05) is 39.5 Å². The Labute approximate surface area is 109 Å². The van der Waals surface area contributed by atoms with E-state index < -0.39 is 0 Å². The highest BCUT2D eigenvalue weighted by molar-refractivity contribution is 5.77. The molecule has 0 aliphatic carbocycles. The first-order valence-corrected chi connectivity index (χ1v) is 6.35. The van der Waals surface area contributed by atoms with Crippen LogP contribution in [0.3, 0.4) is 0 Å². The van der Waals surface area contributed by atoms with Crippen molar-refractivity contribution in [2.45, 2.75) is 13.8 Å². The average molecular weight is 253 g/mol. The summed E-state index contributed by atoms with van der Waals surface area (Å²) in [6, 6.07) is 0. The van der Waals surface area contributed by atoms with Crippen LogP contribution in [0, 0.1) is 0 Å². The predicted molar refractivity (Wildman–Crippen MR) is 71.8 cm³/mol. The molecule has 1 fully saturated rings. The van der Waals surface area contributed by atoms with E-state index in [1.165, 1.54) is 5.70 Å². The highest BCUT2D eigenvalue weighted by atomic mass is 16.3. The molecule has 0 spiro atoms. The molecule has 18 heavy (non-hydrogen) atoms. The van der Waals surface area contributed by atoms with Crippen LogP contribution in [0.25, 0.3) is 0 Å². The fourth-order valence-electron chi connectivity index (χ4n) is 2.07. The maximum atomic E-state index is 11.3. The summed E-state index contributed by atoms with van der Waals surface area (Å²) in [5.74, 6) is -0.120. The molecule has 0 radical (unpaired) electrons. The lowest BCUT2D eigenvalue weighted by atomic mass is 10.2. The maximum absolute atomic E-state index is 11.3. The standard InChI is InChI=1S/C13H23N3O2/c1-3-5-12(4-2)16-8-6-15(7-9-16)10-13(18)14-11-17/h3-5,17H,6-11H2,1-2H3,(H,14,18)/b5-3-,12-4+. The van der Waals surface area contributed by atoms with Crippen LogP contribution in [-0.4, -0.2) is 60.3 Å². The quantitative estimate of drug-likeness (QED) is 0.541. The van der Waals surface area contributed by atoms with E-state index in [0.717, 1.165) is 26.2 Å². The van der Waals surface area contributed by atoms with E-state index in [1.54, 1.807) is 0 Å². The van der Waals surface area contributed by atoms with Gasteiger partial charge < -0.3 is 15.3 Å². The summed E-state index contributed by atoms with van der Waals surface area (Å²) in [6.45, 7) is 7.72. The normalized spacial score (nSPS) is 18.4. The molecule has 0 aromatic carbocycles. The van der Waals surface area contributed by atoms with Crippen LogP contribution in [-0.2, 0) is 4.79 Å². The molecule has 5 heteroatoms. The molecule has 1 heterocycles. The molecule has 5 nitrogen and oxygen atoms in total. The van der Waals surface area contributed by atoms with E-state index in [2.05, 4.69) is 27.3 Å². The van der Waals surface area contributed by atoms with Gasteiger partial charge in [-0.05, 0) is 19.9 Å². The van der Waals surface area contributed by atoms with Crippen molar-refractivity contribution < 1.29 is 9.90 Å². The third-order valence-electron chi connectivity index (χ3n) is 3.01. The number of aliphatic hydroxyl groups excluding tert-OH is 1. The number of nitrogens with one attached hydrogen (secondary N) is 1. The Morgan fingerprint density at radius 1 is 1.28 bits per heavy atom. The highest BCUT2D eigenvalue weighted by Crippen LogP contribution is 2.10. The molecule has 1 rings (SSSR count). The molecule has 1 saturated heterocycles. The van der Waals surface area contributed by atoms with E-state index in [0.29, 0.717) is 6.54 Å². The Balaban J connectivity index is 2.39. The van der Waals surface area contributed by atoms with Crippen molar-refractivity contribution >= 4 is 5.91 Å². The molecule has 0 atom stereocenters. The van der Waals surface area contributed by atoms with Crippen LogP contribution in [0.15, 0.2) is 23.9 Å². The first-order chi connectivity index (χ1) is 8.71. The van der Waals surface area contributed by atoms with Gasteiger partial charge in [0.2, 0.25) is 5.91 Å². The van der Waals surface area contributed by atoms with Gasteiger partial charge in [0, 0.05) is 31.9 Å². The topological polar surface area (TPSA) is 55.8 Å². The molecular weight excluding hydrogens is 230 g/mol. The van der Waals surface area contributed by atoms with E-state index in [9.17, 15) is 4.79 Å². The molecule has 0 aromatic heterocycles. The van der Waals surface area contributed by atoms with Crippen LogP contribution in [0.2, 0.25) is 0 Å². The Hall–Kier alpha value is -1.33. The monoisotopic (exact) mass is 253 g/mol. The number of aliphatic hydroxyl groups is 1. The van der Waals surface area contributed by atoms with Gasteiger partial charge in [-0.25, -0.2) is 0 Å². The summed E-state index contributed by atoms with van der Waals surface area (Å²) in [6.07, 6.45) is 6.25. The van der Waals surface area contributed by atoms with Crippen LogP contribution >= 0.6 is 0 Å². The minimum atomic E-state index is -0.289. The van der Waals surface area contributed by atoms with Crippen molar-refractivity contribution in [1.82, 2.24) is 15.1 Å². The molecule has 0 bridgehead atoms. The Morgan fingerprint density at radius 2 is 1.94 bits per heavy atom. The highest BCUT2D eigenvalue weighted by Gasteiger charge is 2.18. The van der Waals surface area contributed by atoms with Gasteiger partial charge in [-0.1, -0.05) is 12.2 Å². The second-order valence-corrected chi connectivity index (χ2v) is 4.23. The largest absolute Gasteiger partial charge is 0.377 e. The molecule has 0 aromatic rings. The maximum Gasteiger partial charge on any atom is 0.235 e. The zero-order valence-corrected chi connectivity index (χ0v) is 11.2. The lowest BCUT2D eigenvalue weighted by Gasteiger charge is -2.36. The minimum Gasteiger partial charge on any atom is -0.377 e. The van der Waals surface area contributed by atoms with Gasteiger partial charge in [0.05, 0.1) is 6.54 Å². The van der Waals surface area contributed by atoms with E-state index >= 15 is 0 Å². The van der Waals surface area contributed by atoms with Crippen molar-refractivity contribution in [2.24, 2.45) is 0 Å². The van der Waals surface area contributed by atoms with Crippen LogP contribution in [0.5, 0.6) is 0 Å². The predicted octanol–water partition coefficient (Wildman–Crippen LogP) is 0.150. The molecule has 1 aliphatic heterocycles. The molecular formula is C13H23N3O2. The lowest BCUT2D eigenvalue weighted by molar-refractivity contribution is -0.123. The minimum absolute atomic E-state index is 0.120. The fraction of sp³-hybridized carbons (Fsp3) is 0.615. The zero-order valence-electron chi connectivity index (χ0n) is 11.2. The number of hydrogen-bond donors (Lipinski definition) is 2. The van der Waals surface area contributed by atoms with E-state index in [1.807, 2.05) is 19.9 Å². The Kier molecular flexibility index (Phi) is 6.46. The number of carbonyl (C=O) groups is 1. The average Bonchev–Trinajstić information content (AvgIpc) is 2.37. The summed E-state index contributed by atoms with van der Waals surface area (Å²) in [5, 5.41) is 11.0. The number of rotatable bonds is 5. The molecule has 0 saturated carbocycles. The molecule has 1 amide bonds. The Morgan fingerprint density at radius 3 is 2.44 bits per heavy atom. The van der Waals surface area contributed by atoms with Crippen molar-refractivity contribution in [1.29, 1.82) is 0 Å². The van der Waals surface area contributed by atoms with Crippen LogP contribution in [0.1, 0.15) is 13.8 Å². The number of nitrogens with zero attached hydrogens (tertiary/aromatic N) is 2. The number of hydrogen-bond acceptors (Lipinski definition) is 4. The van der Waals surface area contributed by atoms with Crippen molar-refractivity contribution in [3.05, 3.63) is 23.9 Å². The second kappa shape index (κ2) is 7.89. The number of allylic oxidation sites excluding steroid dienone is 3. The third kappa shape index (κ3) is 4.50. The molecule has 1 aliphatic rings. The van der Waals surface area contributed by atoms with Gasteiger partial charge >= 0.3 is 0 Å². The van der Waals surface area contributed by atoms with Gasteiger partial charge in [0.1, 0.15) is 6.73 Å². The summed E-state index contributed by atoms with van der Waals surface area (Å²) in [7, 11) is 0. The van der Waals surface area contributed by atoms with Gasteiger partial charge in [0.15, 0.2) is 0 Å². The molecule has 2 N–H and O–H groups in total. The summed E-state index contributed by atoms with van der Waals surface area (Å²) in [5.41, 5.74) is 1.23. The molecule has 102 valence electrons. The molecule has 0 unspecified atom stereocenters. The van der Waals surface area contributed by atoms with E-state index in [4.69, 9.17) is 5.11 Å². The van der Waals surface area contributed by atoms with Crippen molar-refractivity contribution in [3.8, 4) is 0 Å². The summed E-state index contributed by atoms with van der Waals surface area (Å²) in [4.78, 5) is 15.8. The van der Waals surface area contributed by atoms with Crippen LogP contribution < -0.4 is 5.32 Å². The lowest BCUT2D eigenvalue weighted by Crippen LogP contribution is -2.48. The third-order valence-corrected chi connectivity index (χ3v) is 3.01. The van der Waals surface area contributed by atoms with Gasteiger partial charge in [-0.15, -0.1) is 0 Å². The first-order valence-electron chi connectivity index (χ1n) is 6.35. The number of piperazine rings is 1. The number of amides is 1. The second-order valence-electron chi connectivity index (χ2n) is 4.23. The summed E-state index contributed by atoms with van der Waals surface area (Å²) >= 11 is 0. The van der Waals surface area contributed by atoms with Gasteiger partial charge in [0.25, 0.3) is 0 Å². The van der Waals surface area contributed by atoms with E-state index in [-0.39, 0.29) is 12.6 Å². The first kappa shape index (κ1) is 14.7. The fourth-order valence-corrected chi connectivity index (χ4v) is 2.07.